The molecule has 4 N–H and O–H groups in total. The number of H-pyrrole nitrogens is 1. The van der Waals surface area contributed by atoms with Crippen LogP contribution in [-0.4, -0.2) is 65.6 Å². The summed E-state index contributed by atoms with van der Waals surface area (Å²) in [6.45, 7) is 3.83. The molecule has 9 heteroatoms. The SMILES string of the molecule is CNCC(O)COc1cccc(-c2nc(NC3CCOC3)c(C)c(-c3ccc[nH]c3=O)n2)c1. The molecule has 0 radical (unpaired) electrons. The number of hydrogen-bond acceptors (Lipinski definition) is 8. The van der Waals surface area contributed by atoms with Crippen LogP contribution in [0.3, 0.4) is 0 Å². The van der Waals surface area contributed by atoms with Crippen molar-refractivity contribution in [2.24, 2.45) is 0 Å². The standard InChI is InChI=1S/C24H29N5O4/c1-15-21(20-7-4-9-26-24(20)31)28-23(29-22(15)27-17-8-10-32-13-17)16-5-3-6-19(11-16)33-14-18(30)12-25-2/h3-7,9,11,17-18,25,30H,8,10,12-14H2,1-2H3,(H,26,31)(H,27,28,29). The summed E-state index contributed by atoms with van der Waals surface area (Å²) in [4.78, 5) is 24.8. The van der Waals surface area contributed by atoms with Crippen molar-refractivity contribution in [1.29, 1.82) is 0 Å². The summed E-state index contributed by atoms with van der Waals surface area (Å²) in [7, 11) is 1.78. The summed E-state index contributed by atoms with van der Waals surface area (Å²) < 4.78 is 11.2. The maximum atomic E-state index is 12.5. The van der Waals surface area contributed by atoms with E-state index in [1.807, 2.05) is 31.2 Å². The minimum atomic E-state index is -0.616. The molecule has 0 bridgehead atoms. The minimum absolute atomic E-state index is 0.150. The number of nitrogens with one attached hydrogen (secondary N) is 3. The fraction of sp³-hybridized carbons (Fsp3) is 0.375. The molecule has 4 rings (SSSR count). The van der Waals surface area contributed by atoms with Crippen molar-refractivity contribution in [2.45, 2.75) is 25.5 Å². The largest absolute Gasteiger partial charge is 0.491 e. The highest BCUT2D eigenvalue weighted by atomic mass is 16.5. The number of pyridine rings is 1. The molecule has 2 aromatic heterocycles. The second-order valence-electron chi connectivity index (χ2n) is 8.04. The molecule has 2 unspecified atom stereocenters. The molecule has 1 aliphatic heterocycles. The average Bonchev–Trinajstić information content (AvgIpc) is 3.33. The summed E-state index contributed by atoms with van der Waals surface area (Å²) in [6.07, 6.45) is 1.87. The van der Waals surface area contributed by atoms with Crippen LogP contribution in [0.4, 0.5) is 5.82 Å². The quantitative estimate of drug-likeness (QED) is 0.390. The first-order valence-corrected chi connectivity index (χ1v) is 11.0. The van der Waals surface area contributed by atoms with Crippen molar-refractivity contribution >= 4 is 5.82 Å². The van der Waals surface area contributed by atoms with Gasteiger partial charge in [0.25, 0.3) is 5.56 Å². The molecule has 1 fully saturated rings. The lowest BCUT2D eigenvalue weighted by Crippen LogP contribution is -2.29. The normalized spacial score (nSPS) is 16.5. The van der Waals surface area contributed by atoms with Crippen LogP contribution >= 0.6 is 0 Å². The van der Waals surface area contributed by atoms with Crippen molar-refractivity contribution in [3.63, 3.8) is 0 Å². The number of aliphatic hydroxyl groups is 1. The Morgan fingerprint density at radius 3 is 2.94 bits per heavy atom. The molecular formula is C24H29N5O4. The van der Waals surface area contributed by atoms with Crippen molar-refractivity contribution in [3.05, 3.63) is 58.5 Å². The van der Waals surface area contributed by atoms with Gasteiger partial charge in [0.05, 0.1) is 23.9 Å². The van der Waals surface area contributed by atoms with Crippen LogP contribution in [-0.2, 0) is 4.74 Å². The Balaban J connectivity index is 1.71. The highest BCUT2D eigenvalue weighted by molar-refractivity contribution is 5.72. The lowest BCUT2D eigenvalue weighted by atomic mass is 10.1. The molecule has 2 atom stereocenters. The van der Waals surface area contributed by atoms with Gasteiger partial charge in [-0.05, 0) is 44.7 Å². The van der Waals surface area contributed by atoms with E-state index < -0.39 is 6.10 Å². The fourth-order valence-corrected chi connectivity index (χ4v) is 3.71. The second kappa shape index (κ2) is 10.6. The molecule has 33 heavy (non-hydrogen) atoms. The molecule has 3 heterocycles. The Kier molecular flexibility index (Phi) is 7.33. The zero-order valence-corrected chi connectivity index (χ0v) is 18.8. The summed E-state index contributed by atoms with van der Waals surface area (Å²) in [5, 5.41) is 16.3. The third-order valence-electron chi connectivity index (χ3n) is 5.46. The molecule has 9 nitrogen and oxygen atoms in total. The first kappa shape index (κ1) is 22.9. The predicted octanol–water partition coefficient (Wildman–Crippen LogP) is 1.97. The van der Waals surface area contributed by atoms with Crippen LogP contribution in [0.25, 0.3) is 22.6 Å². The van der Waals surface area contributed by atoms with E-state index in [1.54, 1.807) is 25.4 Å². The third-order valence-corrected chi connectivity index (χ3v) is 5.46. The number of anilines is 1. The number of likely N-dealkylation sites (N-methyl/N-ethyl adjacent to an activating group) is 1. The molecule has 0 amide bonds. The van der Waals surface area contributed by atoms with Crippen molar-refractivity contribution in [3.8, 4) is 28.4 Å². The van der Waals surface area contributed by atoms with Gasteiger partial charge in [-0.2, -0.15) is 0 Å². The van der Waals surface area contributed by atoms with Crippen LogP contribution in [0.5, 0.6) is 5.75 Å². The van der Waals surface area contributed by atoms with Gasteiger partial charge in [-0.1, -0.05) is 12.1 Å². The lowest BCUT2D eigenvalue weighted by molar-refractivity contribution is 0.108. The topological polar surface area (TPSA) is 121 Å². The Morgan fingerprint density at radius 1 is 1.30 bits per heavy atom. The monoisotopic (exact) mass is 451 g/mol. The Hall–Kier alpha value is -3.27. The molecule has 1 saturated heterocycles. The molecule has 0 saturated carbocycles. The van der Waals surface area contributed by atoms with Crippen molar-refractivity contribution in [1.82, 2.24) is 20.3 Å². The number of aromatic amines is 1. The zero-order valence-electron chi connectivity index (χ0n) is 18.8. The van der Waals surface area contributed by atoms with Crippen LogP contribution in [0, 0.1) is 6.92 Å². The Labute approximate surface area is 192 Å². The van der Waals surface area contributed by atoms with Crippen LogP contribution in [0.1, 0.15) is 12.0 Å². The van der Waals surface area contributed by atoms with Crippen LogP contribution in [0.2, 0.25) is 0 Å². The predicted molar refractivity (Wildman–Crippen MR) is 127 cm³/mol. The molecule has 0 spiro atoms. The zero-order chi connectivity index (χ0) is 23.2. The summed E-state index contributed by atoms with van der Waals surface area (Å²) in [5.41, 5.74) is 2.38. The van der Waals surface area contributed by atoms with E-state index >= 15 is 0 Å². The highest BCUT2D eigenvalue weighted by Crippen LogP contribution is 2.30. The van der Waals surface area contributed by atoms with E-state index in [4.69, 9.17) is 19.4 Å². The van der Waals surface area contributed by atoms with E-state index in [9.17, 15) is 9.90 Å². The van der Waals surface area contributed by atoms with Crippen LogP contribution in [0.15, 0.2) is 47.4 Å². The number of aliphatic hydroxyl groups excluding tert-OH is 1. The first-order chi connectivity index (χ1) is 16.0. The summed E-state index contributed by atoms with van der Waals surface area (Å²) in [6, 6.07) is 11.1. The highest BCUT2D eigenvalue weighted by Gasteiger charge is 2.21. The third kappa shape index (κ3) is 5.57. The van der Waals surface area contributed by atoms with Crippen LogP contribution < -0.4 is 20.9 Å². The van der Waals surface area contributed by atoms with Gasteiger partial charge in [-0.3, -0.25) is 4.79 Å². The van der Waals surface area contributed by atoms with Gasteiger partial charge in [-0.15, -0.1) is 0 Å². The number of nitrogens with zero attached hydrogens (tertiary/aromatic N) is 2. The second-order valence-corrected chi connectivity index (χ2v) is 8.04. The van der Waals surface area contributed by atoms with Gasteiger partial charge in [0.1, 0.15) is 24.3 Å². The van der Waals surface area contributed by atoms with Gasteiger partial charge in [0.15, 0.2) is 5.82 Å². The van der Waals surface area contributed by atoms with Gasteiger partial charge >= 0.3 is 0 Å². The molecular weight excluding hydrogens is 422 g/mol. The Morgan fingerprint density at radius 2 is 2.18 bits per heavy atom. The van der Waals surface area contributed by atoms with E-state index in [0.717, 1.165) is 17.5 Å². The van der Waals surface area contributed by atoms with Gasteiger partial charge in [0, 0.05) is 30.5 Å². The van der Waals surface area contributed by atoms with Crippen molar-refractivity contribution < 1.29 is 14.6 Å². The fourth-order valence-electron chi connectivity index (χ4n) is 3.71. The van der Waals surface area contributed by atoms with Crippen molar-refractivity contribution in [2.75, 3.05) is 38.7 Å². The maximum absolute atomic E-state index is 12.5. The van der Waals surface area contributed by atoms with E-state index in [0.29, 0.717) is 48.4 Å². The summed E-state index contributed by atoms with van der Waals surface area (Å²) >= 11 is 0. The number of benzene rings is 1. The van der Waals surface area contributed by atoms with E-state index in [-0.39, 0.29) is 18.2 Å². The van der Waals surface area contributed by atoms with E-state index in [2.05, 4.69) is 15.6 Å². The van der Waals surface area contributed by atoms with E-state index in [1.165, 1.54) is 0 Å². The number of hydrogen-bond donors (Lipinski definition) is 4. The van der Waals surface area contributed by atoms with Gasteiger partial charge < -0.3 is 30.2 Å². The number of rotatable bonds is 9. The van der Waals surface area contributed by atoms with Gasteiger partial charge in [-0.25, -0.2) is 9.97 Å². The molecule has 1 aliphatic rings. The maximum Gasteiger partial charge on any atom is 0.257 e. The first-order valence-electron chi connectivity index (χ1n) is 11.0. The minimum Gasteiger partial charge on any atom is -0.491 e. The molecule has 0 aliphatic carbocycles. The number of aromatic nitrogens is 3. The molecule has 174 valence electrons. The Bertz CT molecular complexity index is 1140. The summed E-state index contributed by atoms with van der Waals surface area (Å²) in [5.74, 6) is 1.75. The lowest BCUT2D eigenvalue weighted by Gasteiger charge is -2.17. The average molecular weight is 452 g/mol. The molecule has 3 aromatic rings. The smallest absolute Gasteiger partial charge is 0.257 e. The number of ether oxygens (including phenoxy) is 2. The van der Waals surface area contributed by atoms with Gasteiger partial charge in [0.2, 0.25) is 0 Å². The molecule has 1 aromatic carbocycles.